The van der Waals surface area contributed by atoms with E-state index in [4.69, 9.17) is 0 Å². The highest BCUT2D eigenvalue weighted by atomic mass is 19.1. The fourth-order valence-corrected chi connectivity index (χ4v) is 3.16. The number of likely N-dealkylation sites (N-methyl/N-ethyl adjacent to an activating group) is 1. The van der Waals surface area contributed by atoms with E-state index in [2.05, 4.69) is 21.5 Å². The average molecular weight is 302 g/mol. The topological polar surface area (TPSA) is 33.1 Å². The van der Waals surface area contributed by atoms with Gasteiger partial charge in [-0.1, -0.05) is 12.1 Å². The average Bonchev–Trinajstić information content (AvgIpc) is 3.13. The summed E-state index contributed by atoms with van der Waals surface area (Å²) in [5, 5.41) is 7.70. The van der Waals surface area contributed by atoms with Gasteiger partial charge in [-0.05, 0) is 44.1 Å². The summed E-state index contributed by atoms with van der Waals surface area (Å²) in [7, 11) is 2.01. The summed E-state index contributed by atoms with van der Waals surface area (Å²) in [6, 6.07) is 7.23. The molecule has 2 heterocycles. The van der Waals surface area contributed by atoms with Crippen molar-refractivity contribution in [2.45, 2.75) is 32.0 Å². The Morgan fingerprint density at radius 1 is 1.23 bits per heavy atom. The van der Waals surface area contributed by atoms with Crippen molar-refractivity contribution in [3.8, 4) is 0 Å². The van der Waals surface area contributed by atoms with Gasteiger partial charge in [0.15, 0.2) is 0 Å². The molecule has 1 aliphatic rings. The summed E-state index contributed by atoms with van der Waals surface area (Å²) >= 11 is 0. The number of nitrogens with zero attached hydrogens (tertiary/aromatic N) is 3. The van der Waals surface area contributed by atoms with Crippen LogP contribution in [0.2, 0.25) is 0 Å². The first kappa shape index (κ1) is 15.2. The van der Waals surface area contributed by atoms with Crippen molar-refractivity contribution in [2.75, 3.05) is 20.1 Å². The maximum absolute atomic E-state index is 12.9. The Morgan fingerprint density at radius 2 is 2.05 bits per heavy atom. The van der Waals surface area contributed by atoms with Crippen LogP contribution >= 0.6 is 0 Å². The highest BCUT2D eigenvalue weighted by molar-refractivity contribution is 5.17. The third-order valence-corrected chi connectivity index (χ3v) is 4.27. The van der Waals surface area contributed by atoms with Gasteiger partial charge in [0, 0.05) is 30.9 Å². The first-order valence-electron chi connectivity index (χ1n) is 7.89. The maximum atomic E-state index is 12.9. The monoisotopic (exact) mass is 302 g/mol. The second-order valence-electron chi connectivity index (χ2n) is 6.00. The molecule has 0 aliphatic carbocycles. The predicted molar refractivity (Wildman–Crippen MR) is 85.1 cm³/mol. The number of benzene rings is 1. The molecular weight excluding hydrogens is 279 g/mol. The molecule has 0 amide bonds. The fraction of sp³-hybridized carbons (Fsp3) is 0.471. The van der Waals surface area contributed by atoms with Crippen LogP contribution in [0, 0.1) is 5.82 Å². The smallest absolute Gasteiger partial charge is 0.123 e. The molecule has 118 valence electrons. The van der Waals surface area contributed by atoms with Crippen LogP contribution in [0.4, 0.5) is 4.39 Å². The lowest BCUT2D eigenvalue weighted by atomic mass is 10.2. The second-order valence-corrected chi connectivity index (χ2v) is 6.00. The molecule has 1 aromatic heterocycles. The number of rotatable bonds is 6. The van der Waals surface area contributed by atoms with Crippen LogP contribution in [0.3, 0.4) is 0 Å². The first-order chi connectivity index (χ1) is 10.7. The summed E-state index contributed by atoms with van der Waals surface area (Å²) < 4.78 is 14.8. The molecular formula is C17H23FN4. The molecule has 1 aliphatic heterocycles. The second kappa shape index (κ2) is 7.03. The van der Waals surface area contributed by atoms with Gasteiger partial charge in [-0.15, -0.1) is 0 Å². The Hall–Kier alpha value is -1.72. The van der Waals surface area contributed by atoms with Crippen molar-refractivity contribution in [1.29, 1.82) is 0 Å². The van der Waals surface area contributed by atoms with E-state index in [0.29, 0.717) is 12.6 Å². The van der Waals surface area contributed by atoms with Crippen molar-refractivity contribution in [3.05, 3.63) is 53.6 Å². The van der Waals surface area contributed by atoms with Gasteiger partial charge >= 0.3 is 0 Å². The fourth-order valence-electron chi connectivity index (χ4n) is 3.16. The van der Waals surface area contributed by atoms with Crippen LogP contribution in [0.5, 0.6) is 0 Å². The molecule has 1 N–H and O–H groups in total. The van der Waals surface area contributed by atoms with Crippen LogP contribution in [0.15, 0.2) is 36.7 Å². The molecule has 0 bridgehead atoms. The zero-order chi connectivity index (χ0) is 15.4. The van der Waals surface area contributed by atoms with Crippen LogP contribution in [-0.2, 0) is 13.1 Å². The van der Waals surface area contributed by atoms with Crippen molar-refractivity contribution in [1.82, 2.24) is 20.0 Å². The lowest BCUT2D eigenvalue weighted by Gasteiger charge is -2.23. The summed E-state index contributed by atoms with van der Waals surface area (Å²) in [4.78, 5) is 2.52. The van der Waals surface area contributed by atoms with E-state index < -0.39 is 0 Å². The Labute approximate surface area is 130 Å². The summed E-state index contributed by atoms with van der Waals surface area (Å²) in [5.74, 6) is -0.200. The third-order valence-electron chi connectivity index (χ3n) is 4.27. The van der Waals surface area contributed by atoms with Crippen LogP contribution in [-0.4, -0.2) is 40.9 Å². The highest BCUT2D eigenvalue weighted by Crippen LogP contribution is 2.19. The predicted octanol–water partition coefficient (Wildman–Crippen LogP) is 2.25. The molecule has 3 rings (SSSR count). The van der Waals surface area contributed by atoms with Gasteiger partial charge in [-0.3, -0.25) is 9.58 Å². The lowest BCUT2D eigenvalue weighted by molar-refractivity contribution is 0.242. The van der Waals surface area contributed by atoms with Crippen LogP contribution < -0.4 is 5.32 Å². The lowest BCUT2D eigenvalue weighted by Crippen LogP contribution is -2.36. The molecule has 1 aromatic carbocycles. The van der Waals surface area contributed by atoms with E-state index in [0.717, 1.165) is 25.2 Å². The van der Waals surface area contributed by atoms with Crippen molar-refractivity contribution < 1.29 is 4.39 Å². The van der Waals surface area contributed by atoms with Gasteiger partial charge in [0.2, 0.25) is 0 Å². The van der Waals surface area contributed by atoms with Gasteiger partial charge in [-0.25, -0.2) is 4.39 Å². The first-order valence-corrected chi connectivity index (χ1v) is 7.89. The van der Waals surface area contributed by atoms with E-state index >= 15 is 0 Å². The van der Waals surface area contributed by atoms with Gasteiger partial charge in [0.05, 0.1) is 12.7 Å². The largest absolute Gasteiger partial charge is 0.318 e. The maximum Gasteiger partial charge on any atom is 0.123 e. The molecule has 4 nitrogen and oxygen atoms in total. The number of nitrogens with one attached hydrogen (secondary N) is 1. The van der Waals surface area contributed by atoms with E-state index in [1.807, 2.05) is 17.9 Å². The number of hydrogen-bond acceptors (Lipinski definition) is 3. The Morgan fingerprint density at radius 3 is 2.82 bits per heavy atom. The van der Waals surface area contributed by atoms with Crippen LogP contribution in [0.1, 0.15) is 24.0 Å². The molecule has 0 radical (unpaired) electrons. The van der Waals surface area contributed by atoms with Gasteiger partial charge < -0.3 is 5.32 Å². The molecule has 1 saturated heterocycles. The highest BCUT2D eigenvalue weighted by Gasteiger charge is 2.23. The number of likely N-dealkylation sites (tertiary alicyclic amines) is 1. The molecule has 2 aromatic rings. The summed E-state index contributed by atoms with van der Waals surface area (Å²) in [6.45, 7) is 3.84. The Balaban J connectivity index is 1.60. The normalized spacial score (nSPS) is 18.9. The summed E-state index contributed by atoms with van der Waals surface area (Å²) in [6.07, 6.45) is 6.58. The van der Waals surface area contributed by atoms with Crippen LogP contribution in [0.25, 0.3) is 0 Å². The molecule has 5 heteroatoms. The number of aromatic nitrogens is 2. The van der Waals surface area contributed by atoms with Crippen molar-refractivity contribution in [3.63, 3.8) is 0 Å². The minimum absolute atomic E-state index is 0.200. The van der Waals surface area contributed by atoms with Crippen molar-refractivity contribution in [2.24, 2.45) is 0 Å². The third kappa shape index (κ3) is 3.72. The molecule has 0 saturated carbocycles. The van der Waals surface area contributed by atoms with Gasteiger partial charge in [-0.2, -0.15) is 5.10 Å². The molecule has 1 unspecified atom stereocenters. The van der Waals surface area contributed by atoms with E-state index in [-0.39, 0.29) is 5.82 Å². The minimum atomic E-state index is -0.200. The molecule has 1 fully saturated rings. The molecule has 22 heavy (non-hydrogen) atoms. The van der Waals surface area contributed by atoms with E-state index in [9.17, 15) is 4.39 Å². The Kier molecular flexibility index (Phi) is 4.85. The van der Waals surface area contributed by atoms with Gasteiger partial charge in [0.1, 0.15) is 5.82 Å². The van der Waals surface area contributed by atoms with E-state index in [1.165, 1.54) is 30.5 Å². The molecule has 1 atom stereocenters. The molecule has 0 spiro atoms. The number of halogens is 1. The Bertz CT molecular complexity index is 593. The SMILES string of the molecule is CNCC1CCCN1Cc1cnn(Cc2ccc(F)cc2)c1. The quantitative estimate of drug-likeness (QED) is 0.888. The van der Waals surface area contributed by atoms with Gasteiger partial charge in [0.25, 0.3) is 0 Å². The summed E-state index contributed by atoms with van der Waals surface area (Å²) in [5.41, 5.74) is 2.30. The van der Waals surface area contributed by atoms with Crippen molar-refractivity contribution >= 4 is 0 Å². The standard InChI is InChI=1S/C17H23FN4/c1-19-10-17-3-2-8-21(17)11-15-9-20-22(13-15)12-14-4-6-16(18)7-5-14/h4-7,9,13,17,19H,2-3,8,10-12H2,1H3. The number of hydrogen-bond donors (Lipinski definition) is 1. The minimum Gasteiger partial charge on any atom is -0.318 e. The van der Waals surface area contributed by atoms with E-state index in [1.54, 1.807) is 12.1 Å². The zero-order valence-corrected chi connectivity index (χ0v) is 13.0. The zero-order valence-electron chi connectivity index (χ0n) is 13.0.